The Bertz CT molecular complexity index is 1480. The van der Waals surface area contributed by atoms with E-state index in [1.807, 2.05) is 24.3 Å². The predicted octanol–water partition coefficient (Wildman–Crippen LogP) is 6.30. The molecule has 3 aromatic carbocycles. The van der Waals surface area contributed by atoms with Crippen LogP contribution in [0.2, 0.25) is 0 Å². The lowest BCUT2D eigenvalue weighted by Crippen LogP contribution is -2.29. The molecule has 5 rings (SSSR count). The molecule has 192 valence electrons. The van der Waals surface area contributed by atoms with Gasteiger partial charge in [-0.1, -0.05) is 54.3 Å². The van der Waals surface area contributed by atoms with E-state index in [0.29, 0.717) is 34.5 Å². The number of hydrogen-bond acceptors (Lipinski definition) is 6. The second kappa shape index (κ2) is 11.2. The van der Waals surface area contributed by atoms with Crippen LogP contribution in [0, 0.1) is 0 Å². The Morgan fingerprint density at radius 1 is 1.13 bits per heavy atom. The normalized spacial score (nSPS) is 15.3. The van der Waals surface area contributed by atoms with Crippen LogP contribution in [0.25, 0.3) is 23.3 Å². The summed E-state index contributed by atoms with van der Waals surface area (Å²) < 4.78 is 11.8. The lowest BCUT2D eigenvalue weighted by Gasteiger charge is -2.14. The molecule has 0 bridgehead atoms. The Morgan fingerprint density at radius 3 is 2.71 bits per heavy atom. The number of benzene rings is 3. The number of carbonyl (C=O) groups excluding carboxylic acids is 1. The zero-order chi connectivity index (χ0) is 26.6. The number of methoxy groups -OCH3 is 1. The maximum atomic E-state index is 13.1. The Morgan fingerprint density at radius 2 is 1.95 bits per heavy atom. The molecule has 6 nitrogen and oxygen atoms in total. The van der Waals surface area contributed by atoms with Crippen LogP contribution < -0.4 is 9.47 Å². The van der Waals surface area contributed by atoms with E-state index in [9.17, 15) is 9.59 Å². The number of hydrogen-bond donors (Lipinski definition) is 1. The topological polar surface area (TPSA) is 76.1 Å². The number of fused-ring (bicyclic) bond motifs is 1. The maximum absolute atomic E-state index is 13.1. The first-order valence-electron chi connectivity index (χ1n) is 12.1. The summed E-state index contributed by atoms with van der Waals surface area (Å²) in [4.78, 5) is 26.3. The molecule has 0 atom stereocenters. The van der Waals surface area contributed by atoms with Crippen molar-refractivity contribution in [3.05, 3.63) is 93.9 Å². The molecular weight excluding hydrogens is 518 g/mol. The van der Waals surface area contributed by atoms with Gasteiger partial charge in [0.05, 0.1) is 24.2 Å². The van der Waals surface area contributed by atoms with E-state index >= 15 is 0 Å². The van der Waals surface area contributed by atoms with Crippen molar-refractivity contribution in [3.8, 4) is 22.6 Å². The van der Waals surface area contributed by atoms with Gasteiger partial charge in [-0.3, -0.25) is 9.69 Å². The molecule has 38 heavy (non-hydrogen) atoms. The average Bonchev–Trinajstić information content (AvgIpc) is 3.50. The smallest absolute Gasteiger partial charge is 0.335 e. The highest BCUT2D eigenvalue weighted by atomic mass is 32.2. The molecule has 0 saturated carbocycles. The van der Waals surface area contributed by atoms with Gasteiger partial charge in [0.2, 0.25) is 0 Å². The molecular formula is C30H25NO5S2. The van der Waals surface area contributed by atoms with Gasteiger partial charge in [-0.2, -0.15) is 0 Å². The summed E-state index contributed by atoms with van der Waals surface area (Å²) in [6, 6.07) is 18.6. The Balaban J connectivity index is 1.25. The zero-order valence-electron chi connectivity index (χ0n) is 20.7. The van der Waals surface area contributed by atoms with Crippen LogP contribution in [0.4, 0.5) is 0 Å². The van der Waals surface area contributed by atoms with Crippen molar-refractivity contribution in [2.45, 2.75) is 12.8 Å². The Kier molecular flexibility index (Phi) is 7.62. The van der Waals surface area contributed by atoms with Gasteiger partial charge < -0.3 is 14.6 Å². The van der Waals surface area contributed by atoms with Crippen molar-refractivity contribution < 1.29 is 24.2 Å². The molecule has 1 aliphatic heterocycles. The highest BCUT2D eigenvalue weighted by Crippen LogP contribution is 2.37. The molecule has 0 spiro atoms. The predicted molar refractivity (Wildman–Crippen MR) is 155 cm³/mol. The number of amides is 1. The number of aromatic carboxylic acids is 1. The molecule has 0 unspecified atom stereocenters. The van der Waals surface area contributed by atoms with E-state index in [2.05, 4.69) is 30.4 Å². The second-order valence-electron chi connectivity index (χ2n) is 8.84. The van der Waals surface area contributed by atoms with E-state index in [1.54, 1.807) is 24.1 Å². The molecule has 1 heterocycles. The lowest BCUT2D eigenvalue weighted by molar-refractivity contribution is -0.122. The number of allylic oxidation sites excluding steroid dienone is 1. The minimum Gasteiger partial charge on any atom is -0.496 e. The van der Waals surface area contributed by atoms with Crippen molar-refractivity contribution in [1.82, 2.24) is 4.90 Å². The monoisotopic (exact) mass is 543 g/mol. The van der Waals surface area contributed by atoms with E-state index in [4.69, 9.17) is 26.8 Å². The first-order valence-corrected chi connectivity index (χ1v) is 13.3. The van der Waals surface area contributed by atoms with Gasteiger partial charge >= 0.3 is 5.97 Å². The second-order valence-corrected chi connectivity index (χ2v) is 10.5. The first-order chi connectivity index (χ1) is 18.4. The molecule has 1 N–H and O–H groups in total. The summed E-state index contributed by atoms with van der Waals surface area (Å²) in [5.41, 5.74) is 5.66. The van der Waals surface area contributed by atoms with E-state index in [-0.39, 0.29) is 11.5 Å². The maximum Gasteiger partial charge on any atom is 0.335 e. The zero-order valence-corrected chi connectivity index (χ0v) is 22.3. The summed E-state index contributed by atoms with van der Waals surface area (Å²) in [6.07, 6.45) is 7.71. The molecule has 3 aromatic rings. The summed E-state index contributed by atoms with van der Waals surface area (Å²) >= 11 is 6.78. The van der Waals surface area contributed by atoms with Crippen LogP contribution in [-0.4, -0.2) is 46.5 Å². The van der Waals surface area contributed by atoms with Crippen molar-refractivity contribution in [2.24, 2.45) is 0 Å². The van der Waals surface area contributed by atoms with Gasteiger partial charge in [0.1, 0.15) is 15.8 Å². The van der Waals surface area contributed by atoms with Crippen molar-refractivity contribution in [1.29, 1.82) is 0 Å². The fourth-order valence-electron chi connectivity index (χ4n) is 4.41. The number of nitrogens with zero attached hydrogens (tertiary/aromatic N) is 1. The quantitative estimate of drug-likeness (QED) is 0.193. The number of carboxylic acids is 1. The standard InChI is InChI=1S/C30H25NO5S2/c1-35-26-13-6-19(16-25(26)23-8-7-20-4-2-5-22(20)18-23)17-27-28(32)31(30(37)38-27)14-3-15-36-24-11-9-21(10-12-24)29(33)34/h2,5-13,16-18H,3-4,14-15H2,1H3,(H,33,34). The van der Waals surface area contributed by atoms with E-state index in [1.165, 1.54) is 35.0 Å². The summed E-state index contributed by atoms with van der Waals surface area (Å²) in [6.45, 7) is 0.812. The van der Waals surface area contributed by atoms with Crippen molar-refractivity contribution >= 4 is 52.3 Å². The molecule has 1 saturated heterocycles. The lowest BCUT2D eigenvalue weighted by atomic mass is 9.98. The Hall–Kier alpha value is -3.88. The number of carbonyl (C=O) groups is 2. The molecule has 1 fully saturated rings. The third-order valence-electron chi connectivity index (χ3n) is 6.38. The van der Waals surface area contributed by atoms with E-state index in [0.717, 1.165) is 28.9 Å². The van der Waals surface area contributed by atoms with Crippen molar-refractivity contribution in [3.63, 3.8) is 0 Å². The fourth-order valence-corrected chi connectivity index (χ4v) is 5.72. The van der Waals surface area contributed by atoms with Gasteiger partial charge in [0.15, 0.2) is 0 Å². The van der Waals surface area contributed by atoms with Crippen LogP contribution in [0.1, 0.15) is 33.5 Å². The molecule has 2 aliphatic rings. The van der Waals surface area contributed by atoms with Gasteiger partial charge in [0, 0.05) is 12.1 Å². The highest BCUT2D eigenvalue weighted by molar-refractivity contribution is 8.26. The van der Waals surface area contributed by atoms with Crippen LogP contribution >= 0.6 is 24.0 Å². The Labute approximate surface area is 230 Å². The molecule has 0 aromatic heterocycles. The number of rotatable bonds is 9. The average molecular weight is 544 g/mol. The van der Waals surface area contributed by atoms with E-state index < -0.39 is 5.97 Å². The first kappa shape index (κ1) is 25.8. The van der Waals surface area contributed by atoms with Gasteiger partial charge in [-0.05, 0) is 83.6 Å². The summed E-state index contributed by atoms with van der Waals surface area (Å²) in [5.74, 6) is 0.251. The van der Waals surface area contributed by atoms with Crippen LogP contribution in [0.15, 0.2) is 71.6 Å². The van der Waals surface area contributed by atoms with Gasteiger partial charge in [-0.15, -0.1) is 0 Å². The SMILES string of the molecule is COc1ccc(C=C2SC(=S)N(CCCOc3ccc(C(=O)O)cc3)C2=O)cc1-c1ccc2c(c1)C=CC2. The molecule has 1 aliphatic carbocycles. The number of ether oxygens (including phenoxy) is 2. The molecule has 8 heteroatoms. The minimum absolute atomic E-state index is 0.120. The third kappa shape index (κ3) is 5.51. The highest BCUT2D eigenvalue weighted by Gasteiger charge is 2.31. The molecule has 1 amide bonds. The van der Waals surface area contributed by atoms with Crippen LogP contribution in [-0.2, 0) is 11.2 Å². The minimum atomic E-state index is -0.981. The van der Waals surface area contributed by atoms with Crippen molar-refractivity contribution in [2.75, 3.05) is 20.3 Å². The molecule has 0 radical (unpaired) electrons. The number of thiocarbonyl (C=S) groups is 1. The number of carboxylic acid groups (broad SMARTS) is 1. The summed E-state index contributed by atoms with van der Waals surface area (Å²) in [7, 11) is 1.66. The largest absolute Gasteiger partial charge is 0.496 e. The summed E-state index contributed by atoms with van der Waals surface area (Å²) in [5, 5.41) is 8.99. The van der Waals surface area contributed by atoms with Gasteiger partial charge in [-0.25, -0.2) is 4.79 Å². The number of thioether (sulfide) groups is 1. The van der Waals surface area contributed by atoms with Crippen LogP contribution in [0.5, 0.6) is 11.5 Å². The van der Waals surface area contributed by atoms with Crippen LogP contribution in [0.3, 0.4) is 0 Å². The fraction of sp³-hybridized carbons (Fsp3) is 0.167. The van der Waals surface area contributed by atoms with Gasteiger partial charge in [0.25, 0.3) is 5.91 Å². The third-order valence-corrected chi connectivity index (χ3v) is 7.76.